The van der Waals surface area contributed by atoms with Crippen molar-refractivity contribution in [1.82, 2.24) is 19.1 Å². The van der Waals surface area contributed by atoms with E-state index in [1.807, 2.05) is 37.5 Å². The fourth-order valence-electron chi connectivity index (χ4n) is 2.93. The van der Waals surface area contributed by atoms with Crippen molar-refractivity contribution < 1.29 is 13.2 Å². The maximum Gasteiger partial charge on any atom is 0.243 e. The Morgan fingerprint density at radius 3 is 2.64 bits per heavy atom. The molecule has 28 heavy (non-hydrogen) atoms. The molecule has 0 saturated heterocycles. The normalized spacial score (nSPS) is 13.0. The van der Waals surface area contributed by atoms with Crippen molar-refractivity contribution in [1.29, 1.82) is 0 Å². The molecule has 2 aromatic rings. The van der Waals surface area contributed by atoms with E-state index >= 15 is 0 Å². The van der Waals surface area contributed by atoms with E-state index in [0.717, 1.165) is 5.16 Å². The molecule has 0 amide bonds. The molecule has 0 aliphatic carbocycles. The van der Waals surface area contributed by atoms with Crippen LogP contribution in [0.5, 0.6) is 0 Å². The number of methoxy groups -OCH3 is 1. The number of rotatable bonds is 11. The molecule has 0 fully saturated rings. The van der Waals surface area contributed by atoms with Crippen LogP contribution in [0.4, 0.5) is 0 Å². The fourth-order valence-corrected chi connectivity index (χ4v) is 5.20. The van der Waals surface area contributed by atoms with Gasteiger partial charge >= 0.3 is 0 Å². The fraction of sp³-hybridized carbons (Fsp3) is 0.474. The number of nitrogens with zero attached hydrogens (tertiary/aromatic N) is 4. The van der Waals surface area contributed by atoms with Gasteiger partial charge in [-0.05, 0) is 19.1 Å². The molecule has 0 spiro atoms. The van der Waals surface area contributed by atoms with Crippen LogP contribution >= 0.6 is 11.8 Å². The third-order valence-electron chi connectivity index (χ3n) is 4.28. The summed E-state index contributed by atoms with van der Waals surface area (Å²) in [5.74, 6) is 1.32. The van der Waals surface area contributed by atoms with Gasteiger partial charge in [0.2, 0.25) is 10.0 Å². The van der Waals surface area contributed by atoms with Crippen molar-refractivity contribution in [3.63, 3.8) is 0 Å². The minimum Gasteiger partial charge on any atom is -0.383 e. The molecule has 9 heteroatoms. The summed E-state index contributed by atoms with van der Waals surface area (Å²) in [7, 11) is -1.90. The van der Waals surface area contributed by atoms with Gasteiger partial charge in [-0.3, -0.25) is 4.57 Å². The highest BCUT2D eigenvalue weighted by atomic mass is 32.2. The van der Waals surface area contributed by atoms with Crippen molar-refractivity contribution in [2.45, 2.75) is 36.9 Å². The molecule has 154 valence electrons. The lowest BCUT2D eigenvalue weighted by molar-refractivity contribution is 0.159. The zero-order chi connectivity index (χ0) is 20.7. The number of sulfonamides is 1. The maximum absolute atomic E-state index is 12.9. The van der Waals surface area contributed by atoms with Crippen molar-refractivity contribution in [3.8, 4) is 11.4 Å². The number of benzene rings is 1. The second kappa shape index (κ2) is 10.2. The Labute approximate surface area is 171 Å². The smallest absolute Gasteiger partial charge is 0.243 e. The molecule has 1 atom stereocenters. The zero-order valence-corrected chi connectivity index (χ0v) is 18.5. The lowest BCUT2D eigenvalue weighted by atomic mass is 10.2. The van der Waals surface area contributed by atoms with E-state index in [4.69, 9.17) is 4.74 Å². The van der Waals surface area contributed by atoms with Crippen molar-refractivity contribution >= 4 is 21.8 Å². The van der Waals surface area contributed by atoms with E-state index < -0.39 is 10.0 Å². The molecule has 0 N–H and O–H groups in total. The van der Waals surface area contributed by atoms with Crippen molar-refractivity contribution in [3.05, 3.63) is 36.9 Å². The topological polar surface area (TPSA) is 77.3 Å². The Hall–Kier alpha value is -1.68. The number of ether oxygens (including phenoxy) is 1. The first kappa shape index (κ1) is 22.6. The van der Waals surface area contributed by atoms with Gasteiger partial charge in [-0.1, -0.05) is 43.8 Å². The molecule has 1 aromatic carbocycles. The number of thioether (sulfide) groups is 1. The summed E-state index contributed by atoms with van der Waals surface area (Å²) in [5, 5.41) is 9.40. The van der Waals surface area contributed by atoms with E-state index in [9.17, 15) is 8.42 Å². The molecular weight excluding hydrogens is 396 g/mol. The van der Waals surface area contributed by atoms with Crippen LogP contribution in [0.2, 0.25) is 0 Å². The summed E-state index contributed by atoms with van der Waals surface area (Å²) in [4.78, 5) is 0.253. The van der Waals surface area contributed by atoms with Gasteiger partial charge in [0.1, 0.15) is 0 Å². The van der Waals surface area contributed by atoms with Crippen LogP contribution in [-0.2, 0) is 14.8 Å². The standard InChI is InChI=1S/C19H28N4O3S2/c1-6-12-27-19-21-20-18(23(19)15(4)14-26-5)16-10-9-11-17(13-16)28(24,25)22(7-2)8-3/h6,9-11,13,15H,1,7-8,12,14H2,2-5H3/t15-/m1/s1. The van der Waals surface area contributed by atoms with Crippen molar-refractivity contribution in [2.75, 3.05) is 32.6 Å². The third-order valence-corrected chi connectivity index (χ3v) is 7.26. The predicted molar refractivity (Wildman–Crippen MR) is 113 cm³/mol. The quantitative estimate of drug-likeness (QED) is 0.406. The third kappa shape index (κ3) is 4.83. The molecule has 7 nitrogen and oxygen atoms in total. The minimum atomic E-state index is -3.55. The highest BCUT2D eigenvalue weighted by Gasteiger charge is 2.24. The van der Waals surface area contributed by atoms with E-state index in [1.54, 1.807) is 25.3 Å². The summed E-state index contributed by atoms with van der Waals surface area (Å²) in [6.07, 6.45) is 1.81. The monoisotopic (exact) mass is 424 g/mol. The summed E-state index contributed by atoms with van der Waals surface area (Å²) in [6.45, 7) is 10.8. The molecule has 0 radical (unpaired) electrons. The van der Waals surface area contributed by atoms with Crippen LogP contribution in [0.3, 0.4) is 0 Å². The van der Waals surface area contributed by atoms with E-state index in [1.165, 1.54) is 16.1 Å². The van der Waals surface area contributed by atoms with Gasteiger partial charge in [-0.2, -0.15) is 4.31 Å². The maximum atomic E-state index is 12.9. The van der Waals surface area contributed by atoms with Crippen molar-refractivity contribution in [2.24, 2.45) is 0 Å². The van der Waals surface area contributed by atoms with E-state index in [2.05, 4.69) is 16.8 Å². The van der Waals surface area contributed by atoms with Gasteiger partial charge in [0.05, 0.1) is 17.5 Å². The second-order valence-electron chi connectivity index (χ2n) is 6.20. The Balaban J connectivity index is 2.53. The molecule has 1 heterocycles. The zero-order valence-electron chi connectivity index (χ0n) is 16.8. The number of aromatic nitrogens is 3. The highest BCUT2D eigenvalue weighted by molar-refractivity contribution is 7.99. The molecule has 1 aromatic heterocycles. The largest absolute Gasteiger partial charge is 0.383 e. The Morgan fingerprint density at radius 2 is 2.04 bits per heavy atom. The first-order chi connectivity index (χ1) is 13.4. The van der Waals surface area contributed by atoms with Gasteiger partial charge in [0, 0.05) is 31.5 Å². The van der Waals surface area contributed by atoms with Crippen LogP contribution in [0.25, 0.3) is 11.4 Å². The second-order valence-corrected chi connectivity index (χ2v) is 9.12. The van der Waals surface area contributed by atoms with Crippen LogP contribution < -0.4 is 0 Å². The van der Waals surface area contributed by atoms with E-state index in [0.29, 0.717) is 36.8 Å². The average molecular weight is 425 g/mol. The lowest BCUT2D eigenvalue weighted by Gasteiger charge is -2.19. The lowest BCUT2D eigenvalue weighted by Crippen LogP contribution is -2.30. The van der Waals surface area contributed by atoms with Gasteiger partial charge in [0.25, 0.3) is 0 Å². The Bertz CT molecular complexity index is 892. The minimum absolute atomic E-state index is 0.00893. The van der Waals surface area contributed by atoms with Gasteiger partial charge < -0.3 is 4.74 Å². The highest BCUT2D eigenvalue weighted by Crippen LogP contribution is 2.29. The first-order valence-corrected chi connectivity index (χ1v) is 11.6. The van der Waals surface area contributed by atoms with Gasteiger partial charge in [0.15, 0.2) is 11.0 Å². The SMILES string of the molecule is C=CCSc1nnc(-c2cccc(S(=O)(=O)N(CC)CC)c2)n1[C@H](C)COC. The molecule has 0 saturated carbocycles. The number of hydrogen-bond acceptors (Lipinski definition) is 6. The summed E-state index contributed by atoms with van der Waals surface area (Å²) < 4.78 is 34.5. The van der Waals surface area contributed by atoms with Crippen LogP contribution in [0.1, 0.15) is 26.8 Å². The number of hydrogen-bond donors (Lipinski definition) is 0. The average Bonchev–Trinajstić information content (AvgIpc) is 3.11. The van der Waals surface area contributed by atoms with Gasteiger partial charge in [-0.15, -0.1) is 16.8 Å². The summed E-state index contributed by atoms with van der Waals surface area (Å²) >= 11 is 1.53. The molecule has 2 rings (SSSR count). The summed E-state index contributed by atoms with van der Waals surface area (Å²) in [6, 6.07) is 6.86. The predicted octanol–water partition coefficient (Wildman–Crippen LogP) is 3.46. The molecular formula is C19H28N4O3S2. The van der Waals surface area contributed by atoms with E-state index in [-0.39, 0.29) is 10.9 Å². The summed E-state index contributed by atoms with van der Waals surface area (Å²) in [5.41, 5.74) is 0.703. The Kier molecular flexibility index (Phi) is 8.23. The molecule has 0 unspecified atom stereocenters. The molecule has 0 aliphatic heterocycles. The van der Waals surface area contributed by atoms with Crippen LogP contribution in [0.15, 0.2) is 47.0 Å². The molecule has 0 aliphatic rings. The Morgan fingerprint density at radius 1 is 1.32 bits per heavy atom. The first-order valence-electron chi connectivity index (χ1n) is 9.18. The van der Waals surface area contributed by atoms with Crippen LogP contribution in [-0.4, -0.2) is 60.0 Å². The van der Waals surface area contributed by atoms with Gasteiger partial charge in [-0.25, -0.2) is 8.42 Å². The van der Waals surface area contributed by atoms with Crippen LogP contribution in [0, 0.1) is 0 Å². The molecule has 0 bridgehead atoms.